The number of nitrogens with one attached hydrogen (secondary N) is 1. The highest BCUT2D eigenvalue weighted by Crippen LogP contribution is 2.27. The molecule has 1 aromatic heterocycles. The number of hydrogen-bond acceptors (Lipinski definition) is 2. The molecule has 0 aliphatic heterocycles. The van der Waals surface area contributed by atoms with E-state index in [9.17, 15) is 0 Å². The van der Waals surface area contributed by atoms with Crippen molar-refractivity contribution < 1.29 is 0 Å². The van der Waals surface area contributed by atoms with E-state index >= 15 is 0 Å². The van der Waals surface area contributed by atoms with Crippen LogP contribution in [-0.2, 0) is 6.42 Å². The van der Waals surface area contributed by atoms with Crippen LogP contribution in [-0.4, -0.2) is 7.05 Å². The maximum Gasteiger partial charge on any atom is 0.0701 e. The fourth-order valence-electron chi connectivity index (χ4n) is 2.14. The summed E-state index contributed by atoms with van der Waals surface area (Å²) >= 11 is 5.28. The van der Waals surface area contributed by atoms with E-state index in [1.165, 1.54) is 27.8 Å². The Hall–Kier alpha value is -0.640. The predicted octanol–water partition coefficient (Wildman–Crippen LogP) is 4.79. The molecule has 1 N–H and O–H groups in total. The molecule has 0 saturated carbocycles. The summed E-state index contributed by atoms with van der Waals surface area (Å²) in [5, 5.41) is 5.63. The Labute approximate surface area is 121 Å². The predicted molar refractivity (Wildman–Crippen MR) is 83.2 cm³/mol. The molecule has 1 aromatic carbocycles. The molecule has 0 saturated heterocycles. The number of halogens is 1. The average Bonchev–Trinajstić information content (AvgIpc) is 2.82. The molecular formula is C15H18BrNS. The molecule has 0 aliphatic carbocycles. The molecule has 1 unspecified atom stereocenters. The zero-order valence-electron chi connectivity index (χ0n) is 10.5. The second kappa shape index (κ2) is 7.07. The van der Waals surface area contributed by atoms with Crippen molar-refractivity contribution in [2.24, 2.45) is 0 Å². The van der Waals surface area contributed by atoms with Gasteiger partial charge < -0.3 is 5.32 Å². The standard InChI is InChI=1S/C15H18BrNS/c1-17-14(13-10-15(16)18-11-13)9-5-8-12-6-3-2-4-7-12/h2-4,6-7,10-11,14,17H,5,8-9H2,1H3. The third-order valence-electron chi connectivity index (χ3n) is 3.14. The van der Waals surface area contributed by atoms with Crippen LogP contribution in [0.1, 0.15) is 30.0 Å². The molecule has 1 heterocycles. The van der Waals surface area contributed by atoms with Crippen molar-refractivity contribution in [1.29, 1.82) is 0 Å². The Morgan fingerprint density at radius 1 is 1.28 bits per heavy atom. The second-order valence-corrected chi connectivity index (χ2v) is 6.69. The zero-order valence-corrected chi connectivity index (χ0v) is 12.9. The van der Waals surface area contributed by atoms with Crippen LogP contribution in [0.5, 0.6) is 0 Å². The van der Waals surface area contributed by atoms with Gasteiger partial charge in [-0.05, 0) is 64.8 Å². The normalized spacial score (nSPS) is 12.6. The van der Waals surface area contributed by atoms with Crippen LogP contribution in [0.4, 0.5) is 0 Å². The van der Waals surface area contributed by atoms with E-state index in [0.717, 1.165) is 6.42 Å². The highest BCUT2D eigenvalue weighted by atomic mass is 79.9. The third kappa shape index (κ3) is 3.94. The summed E-state index contributed by atoms with van der Waals surface area (Å²) in [7, 11) is 2.04. The molecule has 2 rings (SSSR count). The maximum absolute atomic E-state index is 3.53. The van der Waals surface area contributed by atoms with E-state index in [1.54, 1.807) is 11.3 Å². The highest BCUT2D eigenvalue weighted by Gasteiger charge is 2.10. The topological polar surface area (TPSA) is 12.0 Å². The first-order chi connectivity index (χ1) is 8.79. The molecule has 0 fully saturated rings. The molecule has 96 valence electrons. The van der Waals surface area contributed by atoms with Crippen molar-refractivity contribution in [1.82, 2.24) is 5.32 Å². The summed E-state index contributed by atoms with van der Waals surface area (Å²) in [6, 6.07) is 13.4. The summed E-state index contributed by atoms with van der Waals surface area (Å²) in [5.41, 5.74) is 2.82. The Morgan fingerprint density at radius 3 is 2.67 bits per heavy atom. The molecule has 0 radical (unpaired) electrons. The fraction of sp³-hybridized carbons (Fsp3) is 0.333. The van der Waals surface area contributed by atoms with Crippen LogP contribution < -0.4 is 5.32 Å². The van der Waals surface area contributed by atoms with Crippen LogP contribution >= 0.6 is 27.3 Å². The monoisotopic (exact) mass is 323 g/mol. The second-order valence-electron chi connectivity index (χ2n) is 4.40. The van der Waals surface area contributed by atoms with Gasteiger partial charge >= 0.3 is 0 Å². The summed E-state index contributed by atoms with van der Waals surface area (Å²) in [6.07, 6.45) is 3.54. The molecule has 0 aliphatic rings. The van der Waals surface area contributed by atoms with Crippen LogP contribution in [0.25, 0.3) is 0 Å². The zero-order chi connectivity index (χ0) is 12.8. The van der Waals surface area contributed by atoms with Crippen LogP contribution in [0, 0.1) is 0 Å². The van der Waals surface area contributed by atoms with E-state index in [4.69, 9.17) is 0 Å². The van der Waals surface area contributed by atoms with E-state index < -0.39 is 0 Å². The molecular weight excluding hydrogens is 306 g/mol. The lowest BCUT2D eigenvalue weighted by Crippen LogP contribution is -2.15. The molecule has 3 heteroatoms. The van der Waals surface area contributed by atoms with Crippen molar-refractivity contribution in [2.45, 2.75) is 25.3 Å². The van der Waals surface area contributed by atoms with Crippen LogP contribution in [0.15, 0.2) is 45.6 Å². The Balaban J connectivity index is 1.85. The SMILES string of the molecule is CNC(CCCc1ccccc1)c1csc(Br)c1. The van der Waals surface area contributed by atoms with Gasteiger partial charge in [-0.2, -0.15) is 0 Å². The van der Waals surface area contributed by atoms with Crippen molar-refractivity contribution >= 4 is 27.3 Å². The Bertz CT molecular complexity index is 466. The summed E-state index contributed by atoms with van der Waals surface area (Å²) < 4.78 is 1.21. The minimum atomic E-state index is 0.469. The first-order valence-electron chi connectivity index (χ1n) is 6.24. The third-order valence-corrected chi connectivity index (χ3v) is 4.66. The number of thiophene rings is 1. The minimum absolute atomic E-state index is 0.469. The number of hydrogen-bond donors (Lipinski definition) is 1. The van der Waals surface area contributed by atoms with Gasteiger partial charge in [-0.15, -0.1) is 11.3 Å². The molecule has 18 heavy (non-hydrogen) atoms. The van der Waals surface area contributed by atoms with E-state index in [0.29, 0.717) is 6.04 Å². The van der Waals surface area contributed by atoms with Crippen LogP contribution in [0.3, 0.4) is 0 Å². The number of aryl methyl sites for hydroxylation is 1. The first-order valence-corrected chi connectivity index (χ1v) is 7.92. The van der Waals surface area contributed by atoms with Gasteiger partial charge in [0.2, 0.25) is 0 Å². The average molecular weight is 324 g/mol. The van der Waals surface area contributed by atoms with E-state index in [2.05, 4.69) is 63.0 Å². The lowest BCUT2D eigenvalue weighted by atomic mass is 10.0. The van der Waals surface area contributed by atoms with Gasteiger partial charge in [-0.3, -0.25) is 0 Å². The van der Waals surface area contributed by atoms with Gasteiger partial charge in [-0.1, -0.05) is 30.3 Å². The van der Waals surface area contributed by atoms with Crippen molar-refractivity contribution in [3.63, 3.8) is 0 Å². The van der Waals surface area contributed by atoms with E-state index in [1.807, 2.05) is 7.05 Å². The Morgan fingerprint density at radius 2 is 2.06 bits per heavy atom. The molecule has 0 spiro atoms. The minimum Gasteiger partial charge on any atom is -0.313 e. The lowest BCUT2D eigenvalue weighted by molar-refractivity contribution is 0.528. The molecule has 1 nitrogen and oxygen atoms in total. The summed E-state index contributed by atoms with van der Waals surface area (Å²) in [6.45, 7) is 0. The van der Waals surface area contributed by atoms with E-state index in [-0.39, 0.29) is 0 Å². The van der Waals surface area contributed by atoms with Gasteiger partial charge in [-0.25, -0.2) is 0 Å². The fourth-order valence-corrected chi connectivity index (χ4v) is 3.37. The summed E-state index contributed by atoms with van der Waals surface area (Å²) in [5.74, 6) is 0. The van der Waals surface area contributed by atoms with Gasteiger partial charge in [0.05, 0.1) is 3.79 Å². The lowest BCUT2D eigenvalue weighted by Gasteiger charge is -2.14. The smallest absolute Gasteiger partial charge is 0.0701 e. The number of benzene rings is 1. The molecule has 0 amide bonds. The maximum atomic E-state index is 3.53. The van der Waals surface area contributed by atoms with Gasteiger partial charge in [0.1, 0.15) is 0 Å². The first kappa shape index (κ1) is 13.8. The van der Waals surface area contributed by atoms with Crippen molar-refractivity contribution in [3.8, 4) is 0 Å². The molecule has 0 bridgehead atoms. The molecule has 2 aromatic rings. The Kier molecular flexibility index (Phi) is 5.42. The number of rotatable bonds is 6. The molecule has 1 atom stereocenters. The van der Waals surface area contributed by atoms with Crippen molar-refractivity contribution in [3.05, 3.63) is 56.7 Å². The van der Waals surface area contributed by atoms with Gasteiger partial charge in [0.15, 0.2) is 0 Å². The van der Waals surface area contributed by atoms with Crippen molar-refractivity contribution in [2.75, 3.05) is 7.05 Å². The largest absolute Gasteiger partial charge is 0.313 e. The van der Waals surface area contributed by atoms with Gasteiger partial charge in [0, 0.05) is 6.04 Å². The highest BCUT2D eigenvalue weighted by molar-refractivity contribution is 9.11. The quantitative estimate of drug-likeness (QED) is 0.805. The van der Waals surface area contributed by atoms with Gasteiger partial charge in [0.25, 0.3) is 0 Å². The van der Waals surface area contributed by atoms with Crippen LogP contribution in [0.2, 0.25) is 0 Å². The summed E-state index contributed by atoms with van der Waals surface area (Å²) in [4.78, 5) is 0.